The van der Waals surface area contributed by atoms with Gasteiger partial charge in [-0.3, -0.25) is 4.79 Å². The molecule has 1 aromatic heterocycles. The van der Waals surface area contributed by atoms with Crippen LogP contribution in [0.25, 0.3) is 0 Å². The van der Waals surface area contributed by atoms with Crippen LogP contribution in [-0.2, 0) is 11.2 Å². The van der Waals surface area contributed by atoms with E-state index in [0.717, 1.165) is 12.1 Å². The van der Waals surface area contributed by atoms with Gasteiger partial charge in [0.25, 0.3) is 0 Å². The number of hydrogen-bond acceptors (Lipinski definition) is 1. The van der Waals surface area contributed by atoms with Gasteiger partial charge in [0.2, 0.25) is 5.91 Å². The maximum atomic E-state index is 11.9. The summed E-state index contributed by atoms with van der Waals surface area (Å²) in [5.74, 6) is 0.375. The van der Waals surface area contributed by atoms with E-state index >= 15 is 0 Å². The minimum absolute atomic E-state index is 0.0870. The van der Waals surface area contributed by atoms with E-state index < -0.39 is 0 Å². The second-order valence-electron chi connectivity index (χ2n) is 4.49. The van der Waals surface area contributed by atoms with Gasteiger partial charge in [-0.05, 0) is 31.4 Å². The van der Waals surface area contributed by atoms with Crippen molar-refractivity contribution in [1.29, 1.82) is 0 Å². The van der Waals surface area contributed by atoms with Crippen molar-refractivity contribution in [2.75, 3.05) is 7.05 Å². The van der Waals surface area contributed by atoms with Gasteiger partial charge in [-0.15, -0.1) is 0 Å². The Labute approximate surface area is 97.8 Å². The van der Waals surface area contributed by atoms with Crippen molar-refractivity contribution in [2.24, 2.45) is 5.92 Å². The molecule has 0 spiro atoms. The highest BCUT2D eigenvalue weighted by atomic mass is 16.2. The van der Waals surface area contributed by atoms with Gasteiger partial charge in [-0.25, -0.2) is 0 Å². The van der Waals surface area contributed by atoms with Gasteiger partial charge >= 0.3 is 0 Å². The van der Waals surface area contributed by atoms with Crippen LogP contribution < -0.4 is 5.32 Å². The van der Waals surface area contributed by atoms with E-state index in [1.54, 1.807) is 7.05 Å². The molecule has 0 aliphatic heterocycles. The summed E-state index contributed by atoms with van der Waals surface area (Å²) in [7, 11) is 1.70. The highest BCUT2D eigenvalue weighted by molar-refractivity contribution is 5.80. The van der Waals surface area contributed by atoms with Crippen molar-refractivity contribution in [1.82, 2.24) is 9.88 Å². The summed E-state index contributed by atoms with van der Waals surface area (Å²) >= 11 is 0. The average molecular weight is 222 g/mol. The van der Waals surface area contributed by atoms with E-state index in [9.17, 15) is 4.79 Å². The van der Waals surface area contributed by atoms with Crippen LogP contribution in [0.2, 0.25) is 0 Å². The Hall–Kier alpha value is -1.25. The molecule has 90 valence electrons. The van der Waals surface area contributed by atoms with E-state index in [1.165, 1.54) is 5.69 Å². The third-order valence-electron chi connectivity index (χ3n) is 2.99. The van der Waals surface area contributed by atoms with Crippen LogP contribution in [0.5, 0.6) is 0 Å². The van der Waals surface area contributed by atoms with E-state index in [-0.39, 0.29) is 17.9 Å². The predicted molar refractivity (Wildman–Crippen MR) is 66.5 cm³/mol. The summed E-state index contributed by atoms with van der Waals surface area (Å²) < 4.78 is 2.16. The number of aryl methyl sites for hydroxylation is 2. The van der Waals surface area contributed by atoms with Gasteiger partial charge in [0, 0.05) is 18.4 Å². The van der Waals surface area contributed by atoms with Crippen LogP contribution >= 0.6 is 0 Å². The molecule has 1 amide bonds. The summed E-state index contributed by atoms with van der Waals surface area (Å²) in [6, 6.07) is 4.08. The van der Waals surface area contributed by atoms with Crippen molar-refractivity contribution in [3.05, 3.63) is 23.5 Å². The number of aromatic nitrogens is 1. The average Bonchev–Trinajstić information content (AvgIpc) is 2.60. The van der Waals surface area contributed by atoms with Gasteiger partial charge in [-0.2, -0.15) is 0 Å². The molecule has 0 aliphatic carbocycles. The summed E-state index contributed by atoms with van der Waals surface area (Å²) in [5, 5.41) is 2.75. The molecule has 0 radical (unpaired) electrons. The number of likely N-dealkylation sites (N-methyl/N-ethyl adjacent to an activating group) is 1. The quantitative estimate of drug-likeness (QED) is 0.833. The van der Waals surface area contributed by atoms with Crippen molar-refractivity contribution in [3.8, 4) is 0 Å². The first-order valence-corrected chi connectivity index (χ1v) is 5.91. The Balaban J connectivity index is 3.19. The fraction of sp³-hybridized carbons (Fsp3) is 0.615. The molecule has 1 unspecified atom stereocenters. The first kappa shape index (κ1) is 12.8. The molecule has 0 saturated heterocycles. The lowest BCUT2D eigenvalue weighted by Gasteiger charge is -2.25. The number of carbonyl (C=O) groups excluding carboxylic acids is 1. The van der Waals surface area contributed by atoms with Gasteiger partial charge in [0.15, 0.2) is 0 Å². The van der Waals surface area contributed by atoms with Crippen LogP contribution in [0, 0.1) is 12.8 Å². The first-order chi connectivity index (χ1) is 7.52. The monoisotopic (exact) mass is 222 g/mol. The molecule has 16 heavy (non-hydrogen) atoms. The molecule has 1 N–H and O–H groups in total. The van der Waals surface area contributed by atoms with Crippen molar-refractivity contribution >= 4 is 5.91 Å². The van der Waals surface area contributed by atoms with Crippen molar-refractivity contribution in [3.63, 3.8) is 0 Å². The number of rotatable bonds is 4. The van der Waals surface area contributed by atoms with Gasteiger partial charge in [0.05, 0.1) is 0 Å². The standard InChI is InChI=1S/C13H22N2O/c1-6-11-8-7-10(4)15(11)12(9(2)3)13(16)14-5/h7-9,12H,6H2,1-5H3,(H,14,16). The van der Waals surface area contributed by atoms with Crippen molar-refractivity contribution < 1.29 is 4.79 Å². The van der Waals surface area contributed by atoms with Gasteiger partial charge in [-0.1, -0.05) is 20.8 Å². The first-order valence-electron chi connectivity index (χ1n) is 5.91. The number of carbonyl (C=O) groups is 1. The normalized spacial score (nSPS) is 12.9. The SMILES string of the molecule is CCc1ccc(C)n1C(C(=O)NC)C(C)C. The molecule has 0 saturated carbocycles. The Bertz CT molecular complexity index is 366. The zero-order chi connectivity index (χ0) is 12.3. The lowest BCUT2D eigenvalue weighted by atomic mass is 10.0. The Morgan fingerprint density at radius 1 is 1.44 bits per heavy atom. The van der Waals surface area contributed by atoms with E-state index in [1.807, 2.05) is 0 Å². The molecule has 1 aromatic rings. The third-order valence-corrected chi connectivity index (χ3v) is 2.99. The fourth-order valence-corrected chi connectivity index (χ4v) is 2.16. The van der Waals surface area contributed by atoms with Gasteiger partial charge < -0.3 is 9.88 Å². The van der Waals surface area contributed by atoms with Crippen LogP contribution in [0.1, 0.15) is 38.2 Å². The molecular formula is C13H22N2O. The minimum atomic E-state index is -0.102. The molecule has 3 nitrogen and oxygen atoms in total. The minimum Gasteiger partial charge on any atom is -0.357 e. The third kappa shape index (κ3) is 2.29. The lowest BCUT2D eigenvalue weighted by molar-refractivity contribution is -0.125. The lowest BCUT2D eigenvalue weighted by Crippen LogP contribution is -2.34. The molecule has 0 aromatic carbocycles. The number of amides is 1. The maximum Gasteiger partial charge on any atom is 0.243 e. The fourth-order valence-electron chi connectivity index (χ4n) is 2.16. The topological polar surface area (TPSA) is 34.0 Å². The smallest absolute Gasteiger partial charge is 0.243 e. The maximum absolute atomic E-state index is 11.9. The molecule has 1 rings (SSSR count). The summed E-state index contributed by atoms with van der Waals surface area (Å²) in [6.07, 6.45) is 0.952. The largest absolute Gasteiger partial charge is 0.357 e. The molecule has 3 heteroatoms. The summed E-state index contributed by atoms with van der Waals surface area (Å²) in [5.41, 5.74) is 2.37. The zero-order valence-electron chi connectivity index (χ0n) is 10.9. The Morgan fingerprint density at radius 2 is 2.06 bits per heavy atom. The van der Waals surface area contributed by atoms with Crippen LogP contribution in [0.4, 0.5) is 0 Å². The molecule has 0 bridgehead atoms. The van der Waals surface area contributed by atoms with Crippen molar-refractivity contribution in [2.45, 2.75) is 40.2 Å². The highest BCUT2D eigenvalue weighted by Crippen LogP contribution is 2.23. The molecule has 1 heterocycles. The second-order valence-corrected chi connectivity index (χ2v) is 4.49. The zero-order valence-corrected chi connectivity index (χ0v) is 10.9. The van der Waals surface area contributed by atoms with Crippen LogP contribution in [0.3, 0.4) is 0 Å². The second kappa shape index (κ2) is 5.19. The molecular weight excluding hydrogens is 200 g/mol. The molecule has 1 atom stereocenters. The Morgan fingerprint density at radius 3 is 2.50 bits per heavy atom. The van der Waals surface area contributed by atoms with E-state index in [2.05, 4.69) is 49.7 Å². The predicted octanol–water partition coefficient (Wildman–Crippen LogP) is 2.30. The van der Waals surface area contributed by atoms with E-state index in [4.69, 9.17) is 0 Å². The summed E-state index contributed by atoms with van der Waals surface area (Å²) in [4.78, 5) is 11.9. The number of nitrogens with one attached hydrogen (secondary N) is 1. The Kier molecular flexibility index (Phi) is 4.16. The van der Waals surface area contributed by atoms with Crippen LogP contribution in [-0.4, -0.2) is 17.5 Å². The van der Waals surface area contributed by atoms with Crippen LogP contribution in [0.15, 0.2) is 12.1 Å². The molecule has 0 fully saturated rings. The number of hydrogen-bond donors (Lipinski definition) is 1. The van der Waals surface area contributed by atoms with Gasteiger partial charge in [0.1, 0.15) is 6.04 Å². The number of nitrogens with zero attached hydrogens (tertiary/aromatic N) is 1. The van der Waals surface area contributed by atoms with E-state index in [0.29, 0.717) is 0 Å². The molecule has 0 aliphatic rings. The highest BCUT2D eigenvalue weighted by Gasteiger charge is 2.25. The summed E-state index contributed by atoms with van der Waals surface area (Å²) in [6.45, 7) is 8.33.